The van der Waals surface area contributed by atoms with Crippen LogP contribution in [0.25, 0.3) is 0 Å². The Morgan fingerprint density at radius 1 is 1.00 bits per heavy atom. The van der Waals surface area contributed by atoms with E-state index in [1.54, 1.807) is 58.3 Å². The minimum atomic E-state index is -0.675. The van der Waals surface area contributed by atoms with Gasteiger partial charge in [-0.15, -0.1) is 0 Å². The number of carbonyl (C=O) groups is 2. The Labute approximate surface area is 190 Å². The van der Waals surface area contributed by atoms with E-state index in [4.69, 9.17) is 4.74 Å². The van der Waals surface area contributed by atoms with Crippen molar-refractivity contribution in [3.05, 3.63) is 89.5 Å². The Hall–Kier alpha value is -3.94. The van der Waals surface area contributed by atoms with E-state index in [1.807, 2.05) is 0 Å². The predicted octanol–water partition coefficient (Wildman–Crippen LogP) is 5.06. The summed E-state index contributed by atoms with van der Waals surface area (Å²) in [5.41, 5.74) is 2.00. The normalized spacial score (nSPS) is 13.7. The van der Waals surface area contributed by atoms with Crippen LogP contribution in [0.5, 0.6) is 5.75 Å². The van der Waals surface area contributed by atoms with E-state index in [-0.39, 0.29) is 18.5 Å². The maximum Gasteiger partial charge on any atom is 0.324 e. The lowest BCUT2D eigenvalue weighted by Crippen LogP contribution is -2.49. The molecule has 1 N–H and O–H groups in total. The van der Waals surface area contributed by atoms with Crippen molar-refractivity contribution in [2.75, 3.05) is 30.4 Å². The van der Waals surface area contributed by atoms with Gasteiger partial charge in [0.05, 0.1) is 7.11 Å². The molecule has 33 heavy (non-hydrogen) atoms. The second-order valence-corrected chi connectivity index (χ2v) is 7.72. The van der Waals surface area contributed by atoms with E-state index in [9.17, 15) is 18.4 Å². The molecule has 6 nitrogen and oxygen atoms in total. The third-order valence-corrected chi connectivity index (χ3v) is 5.35. The molecule has 0 atom stereocenters. The largest absolute Gasteiger partial charge is 0.497 e. The summed E-state index contributed by atoms with van der Waals surface area (Å²) in [5, 5.41) is 2.84. The molecule has 0 unspecified atom stereocenters. The van der Waals surface area contributed by atoms with Gasteiger partial charge in [-0.3, -0.25) is 9.69 Å². The highest BCUT2D eigenvalue weighted by Gasteiger charge is 2.27. The standard InChI is InChI=1S/C25H23F2N3O3/c1-33-23-8-2-5-18(13-23)24(31)28-21-6-3-7-22(15-21)30-10-4-9-29(25(30)32)16-17-11-19(26)14-20(27)12-17/h2-3,5-8,11-15H,4,9-10,16H2,1H3,(H,28,31). The molecule has 3 aromatic carbocycles. The van der Waals surface area contributed by atoms with Gasteiger partial charge in [0.25, 0.3) is 5.91 Å². The second kappa shape index (κ2) is 9.68. The molecule has 3 aromatic rings. The van der Waals surface area contributed by atoms with Gasteiger partial charge in [0.2, 0.25) is 0 Å². The summed E-state index contributed by atoms with van der Waals surface area (Å²) < 4.78 is 32.2. The molecule has 3 amide bonds. The van der Waals surface area contributed by atoms with Gasteiger partial charge in [-0.25, -0.2) is 13.6 Å². The van der Waals surface area contributed by atoms with Crippen LogP contribution in [0, 0.1) is 11.6 Å². The van der Waals surface area contributed by atoms with Crippen molar-refractivity contribution in [2.24, 2.45) is 0 Å². The molecule has 0 aliphatic carbocycles. The number of hydrogen-bond acceptors (Lipinski definition) is 3. The number of amides is 3. The van der Waals surface area contributed by atoms with Crippen LogP contribution in [0.1, 0.15) is 22.3 Å². The van der Waals surface area contributed by atoms with Gasteiger partial charge in [-0.05, 0) is 60.5 Å². The predicted molar refractivity (Wildman–Crippen MR) is 122 cm³/mol. The van der Waals surface area contributed by atoms with Crippen LogP contribution in [-0.4, -0.2) is 37.0 Å². The van der Waals surface area contributed by atoms with Crippen LogP contribution < -0.4 is 15.0 Å². The fourth-order valence-corrected chi connectivity index (χ4v) is 3.81. The van der Waals surface area contributed by atoms with Gasteiger partial charge in [-0.1, -0.05) is 12.1 Å². The third-order valence-electron chi connectivity index (χ3n) is 5.35. The van der Waals surface area contributed by atoms with Gasteiger partial charge < -0.3 is 15.0 Å². The molecule has 1 saturated heterocycles. The Bertz CT molecular complexity index is 1160. The fourth-order valence-electron chi connectivity index (χ4n) is 3.81. The molecule has 0 radical (unpaired) electrons. The van der Waals surface area contributed by atoms with E-state index >= 15 is 0 Å². The molecule has 8 heteroatoms. The van der Waals surface area contributed by atoms with Crippen LogP contribution in [0.4, 0.5) is 25.0 Å². The monoisotopic (exact) mass is 451 g/mol. The molecule has 1 heterocycles. The topological polar surface area (TPSA) is 61.9 Å². The lowest BCUT2D eigenvalue weighted by molar-refractivity contribution is 0.102. The summed E-state index contributed by atoms with van der Waals surface area (Å²) in [4.78, 5) is 28.9. The van der Waals surface area contributed by atoms with Gasteiger partial charge >= 0.3 is 6.03 Å². The average Bonchev–Trinajstić information content (AvgIpc) is 2.80. The van der Waals surface area contributed by atoms with Crippen LogP contribution in [0.15, 0.2) is 66.7 Å². The molecule has 1 aliphatic rings. The third kappa shape index (κ3) is 5.28. The zero-order valence-electron chi connectivity index (χ0n) is 18.1. The van der Waals surface area contributed by atoms with Gasteiger partial charge in [0.1, 0.15) is 17.4 Å². The highest BCUT2D eigenvalue weighted by molar-refractivity contribution is 6.05. The SMILES string of the molecule is COc1cccc(C(=O)Nc2cccc(N3CCCN(Cc4cc(F)cc(F)c4)C3=O)c2)c1. The van der Waals surface area contributed by atoms with Crippen molar-refractivity contribution in [2.45, 2.75) is 13.0 Å². The smallest absolute Gasteiger partial charge is 0.324 e. The van der Waals surface area contributed by atoms with Crippen LogP contribution in [0.2, 0.25) is 0 Å². The number of carbonyl (C=O) groups excluding carboxylic acids is 2. The van der Waals surface area contributed by atoms with Crippen molar-refractivity contribution in [3.63, 3.8) is 0 Å². The fraction of sp³-hybridized carbons (Fsp3) is 0.200. The van der Waals surface area contributed by atoms with Crippen molar-refractivity contribution < 1.29 is 23.1 Å². The van der Waals surface area contributed by atoms with Gasteiger partial charge in [0.15, 0.2) is 0 Å². The van der Waals surface area contributed by atoms with Crippen molar-refractivity contribution >= 4 is 23.3 Å². The summed E-state index contributed by atoms with van der Waals surface area (Å²) in [5.74, 6) is -1.07. The Morgan fingerprint density at radius 3 is 2.52 bits per heavy atom. The maximum atomic E-state index is 13.5. The molecular weight excluding hydrogens is 428 g/mol. The first-order valence-corrected chi connectivity index (χ1v) is 10.5. The summed E-state index contributed by atoms with van der Waals surface area (Å²) >= 11 is 0. The second-order valence-electron chi connectivity index (χ2n) is 7.72. The van der Waals surface area contributed by atoms with Crippen LogP contribution >= 0.6 is 0 Å². The summed E-state index contributed by atoms with van der Waals surface area (Å²) in [6, 6.07) is 16.8. The summed E-state index contributed by atoms with van der Waals surface area (Å²) in [7, 11) is 1.53. The zero-order valence-corrected chi connectivity index (χ0v) is 18.1. The van der Waals surface area contributed by atoms with E-state index in [1.165, 1.54) is 19.2 Å². The highest BCUT2D eigenvalue weighted by atomic mass is 19.1. The Kier molecular flexibility index (Phi) is 6.53. The lowest BCUT2D eigenvalue weighted by Gasteiger charge is -2.36. The number of methoxy groups -OCH3 is 1. The number of halogens is 2. The molecule has 4 rings (SSSR count). The summed E-state index contributed by atoms with van der Waals surface area (Å²) in [6.07, 6.45) is 0.698. The number of nitrogens with zero attached hydrogens (tertiary/aromatic N) is 2. The van der Waals surface area contributed by atoms with Crippen LogP contribution in [0.3, 0.4) is 0 Å². The molecule has 0 bridgehead atoms. The minimum absolute atomic E-state index is 0.107. The molecular formula is C25H23F2N3O3. The molecule has 0 saturated carbocycles. The maximum absolute atomic E-state index is 13.5. The number of benzene rings is 3. The average molecular weight is 451 g/mol. The van der Waals surface area contributed by atoms with E-state index in [2.05, 4.69) is 5.32 Å². The first-order valence-electron chi connectivity index (χ1n) is 10.5. The molecule has 0 aromatic heterocycles. The molecule has 170 valence electrons. The Morgan fingerprint density at radius 2 is 1.76 bits per heavy atom. The Balaban J connectivity index is 1.48. The minimum Gasteiger partial charge on any atom is -0.497 e. The van der Waals surface area contributed by atoms with Gasteiger partial charge in [-0.2, -0.15) is 0 Å². The quantitative estimate of drug-likeness (QED) is 0.570. The molecule has 0 spiro atoms. The number of nitrogens with one attached hydrogen (secondary N) is 1. The highest BCUT2D eigenvalue weighted by Crippen LogP contribution is 2.25. The molecule has 1 fully saturated rings. The van der Waals surface area contributed by atoms with Crippen molar-refractivity contribution in [1.82, 2.24) is 4.90 Å². The first-order chi connectivity index (χ1) is 15.9. The lowest BCUT2D eigenvalue weighted by atomic mass is 10.1. The summed E-state index contributed by atoms with van der Waals surface area (Å²) in [6.45, 7) is 1.09. The van der Waals surface area contributed by atoms with Crippen molar-refractivity contribution in [1.29, 1.82) is 0 Å². The number of rotatable bonds is 6. The number of anilines is 2. The van der Waals surface area contributed by atoms with E-state index in [0.29, 0.717) is 47.8 Å². The van der Waals surface area contributed by atoms with E-state index < -0.39 is 11.6 Å². The number of ether oxygens (including phenoxy) is 1. The van der Waals surface area contributed by atoms with Gasteiger partial charge in [0, 0.05) is 42.6 Å². The number of urea groups is 1. The van der Waals surface area contributed by atoms with Crippen molar-refractivity contribution in [3.8, 4) is 5.75 Å². The zero-order chi connectivity index (χ0) is 23.4. The molecule has 1 aliphatic heterocycles. The number of hydrogen-bond donors (Lipinski definition) is 1. The van der Waals surface area contributed by atoms with Crippen LogP contribution in [-0.2, 0) is 6.54 Å². The first kappa shape index (κ1) is 22.3. The van der Waals surface area contributed by atoms with E-state index in [0.717, 1.165) is 6.07 Å².